The Morgan fingerprint density at radius 1 is 1.24 bits per heavy atom. The van der Waals surface area contributed by atoms with Gasteiger partial charge >= 0.3 is 0 Å². The first-order valence-corrected chi connectivity index (χ1v) is 8.09. The third-order valence-corrected chi connectivity index (χ3v) is 4.40. The molecule has 1 N–H and O–H groups in total. The lowest BCUT2D eigenvalue weighted by Gasteiger charge is -2.09. The van der Waals surface area contributed by atoms with Crippen molar-refractivity contribution < 1.29 is 13.2 Å². The van der Waals surface area contributed by atoms with E-state index in [1.165, 1.54) is 12.3 Å². The van der Waals surface area contributed by atoms with Crippen molar-refractivity contribution in [3.05, 3.63) is 40.8 Å². The van der Waals surface area contributed by atoms with Crippen LogP contribution < -0.4 is 9.46 Å². The van der Waals surface area contributed by atoms with E-state index in [2.05, 4.69) is 14.7 Å². The molecule has 0 saturated heterocycles. The lowest BCUT2D eigenvalue weighted by Crippen LogP contribution is -2.13. The van der Waals surface area contributed by atoms with Gasteiger partial charge < -0.3 is 4.74 Å². The summed E-state index contributed by atoms with van der Waals surface area (Å²) < 4.78 is 31.9. The fourth-order valence-corrected chi connectivity index (χ4v) is 2.79. The van der Waals surface area contributed by atoms with Gasteiger partial charge in [0.15, 0.2) is 0 Å². The summed E-state index contributed by atoms with van der Waals surface area (Å²) in [6.45, 7) is 2.31. The Hall–Kier alpha value is -1.57. The second-order valence-corrected chi connectivity index (χ2v) is 6.31. The van der Waals surface area contributed by atoms with Crippen LogP contribution in [0, 0.1) is 0 Å². The Bertz CT molecular complexity index is 736. The molecule has 0 aliphatic heterocycles. The van der Waals surface area contributed by atoms with Crippen LogP contribution >= 0.6 is 23.2 Å². The van der Waals surface area contributed by atoms with E-state index >= 15 is 0 Å². The second-order valence-electron chi connectivity index (χ2n) is 3.87. The highest BCUT2D eigenvalue weighted by Crippen LogP contribution is 2.23. The van der Waals surface area contributed by atoms with Gasteiger partial charge in [0.2, 0.25) is 5.88 Å². The Labute approximate surface area is 132 Å². The van der Waals surface area contributed by atoms with Crippen LogP contribution in [0.4, 0.5) is 5.69 Å². The molecule has 0 radical (unpaired) electrons. The van der Waals surface area contributed by atoms with E-state index in [1.807, 2.05) is 6.92 Å². The highest BCUT2D eigenvalue weighted by molar-refractivity contribution is 7.92. The van der Waals surface area contributed by atoms with Crippen LogP contribution in [0.15, 0.2) is 35.5 Å². The number of nitrogens with one attached hydrogen (secondary N) is 1. The van der Waals surface area contributed by atoms with E-state index in [0.717, 1.165) is 6.20 Å². The molecule has 112 valence electrons. The maximum Gasteiger partial charge on any atom is 0.263 e. The monoisotopic (exact) mass is 347 g/mol. The molecule has 0 aliphatic carbocycles. The largest absolute Gasteiger partial charge is 0.478 e. The van der Waals surface area contributed by atoms with Crippen LogP contribution in [0.3, 0.4) is 0 Å². The molecular formula is C12H11Cl2N3O3S. The van der Waals surface area contributed by atoms with Crippen LogP contribution in [0.25, 0.3) is 0 Å². The summed E-state index contributed by atoms with van der Waals surface area (Å²) in [5, 5.41) is 0.0997. The highest BCUT2D eigenvalue weighted by Gasteiger charge is 2.16. The topological polar surface area (TPSA) is 81.2 Å². The predicted molar refractivity (Wildman–Crippen MR) is 80.5 cm³/mol. The van der Waals surface area contributed by atoms with Crippen molar-refractivity contribution in [1.82, 2.24) is 9.97 Å². The summed E-state index contributed by atoms with van der Waals surface area (Å²) in [6, 6.07) is 4.33. The number of ether oxygens (including phenoxy) is 1. The minimum Gasteiger partial charge on any atom is -0.478 e. The predicted octanol–water partition coefficient (Wildman–Crippen LogP) is 2.98. The SMILES string of the molecule is CCOc1ccc(NS(=O)(=O)c2cnc(Cl)c(Cl)c2)cn1. The lowest BCUT2D eigenvalue weighted by atomic mass is 10.4. The molecule has 0 aromatic carbocycles. The highest BCUT2D eigenvalue weighted by atomic mass is 35.5. The number of nitrogens with zero attached hydrogens (tertiary/aromatic N) is 2. The molecule has 0 bridgehead atoms. The zero-order chi connectivity index (χ0) is 15.5. The zero-order valence-electron chi connectivity index (χ0n) is 10.9. The van der Waals surface area contributed by atoms with Gasteiger partial charge in [-0.05, 0) is 19.1 Å². The fourth-order valence-electron chi connectivity index (χ4n) is 1.44. The third-order valence-electron chi connectivity index (χ3n) is 2.36. The molecule has 2 rings (SSSR count). The van der Waals surface area contributed by atoms with Crippen LogP contribution in [0.1, 0.15) is 6.92 Å². The summed E-state index contributed by atoms with van der Waals surface area (Å²) in [4.78, 5) is 7.58. The summed E-state index contributed by atoms with van der Waals surface area (Å²) >= 11 is 11.4. The van der Waals surface area contributed by atoms with E-state index in [4.69, 9.17) is 27.9 Å². The number of rotatable bonds is 5. The van der Waals surface area contributed by atoms with Crippen LogP contribution in [-0.4, -0.2) is 25.0 Å². The molecule has 2 aromatic heterocycles. The van der Waals surface area contributed by atoms with Gasteiger partial charge in [0.25, 0.3) is 10.0 Å². The first-order chi connectivity index (χ1) is 9.92. The molecule has 0 fully saturated rings. The van der Waals surface area contributed by atoms with Gasteiger partial charge in [-0.25, -0.2) is 18.4 Å². The molecule has 2 aromatic rings. The van der Waals surface area contributed by atoms with E-state index in [-0.39, 0.29) is 15.1 Å². The van der Waals surface area contributed by atoms with E-state index in [0.29, 0.717) is 18.2 Å². The van der Waals surface area contributed by atoms with Gasteiger partial charge in [0.05, 0.1) is 23.5 Å². The number of aromatic nitrogens is 2. The molecule has 21 heavy (non-hydrogen) atoms. The molecule has 0 unspecified atom stereocenters. The Balaban J connectivity index is 2.22. The number of sulfonamides is 1. The summed E-state index contributed by atoms with van der Waals surface area (Å²) in [5.74, 6) is 0.414. The van der Waals surface area contributed by atoms with E-state index < -0.39 is 10.0 Å². The molecule has 0 saturated carbocycles. The van der Waals surface area contributed by atoms with Crippen LogP contribution in [0.5, 0.6) is 5.88 Å². The molecule has 9 heteroatoms. The van der Waals surface area contributed by atoms with E-state index in [1.54, 1.807) is 12.1 Å². The van der Waals surface area contributed by atoms with E-state index in [9.17, 15) is 8.42 Å². The Kier molecular flexibility index (Phi) is 4.87. The molecular weight excluding hydrogens is 337 g/mol. The number of hydrogen-bond donors (Lipinski definition) is 1. The van der Waals surface area contributed by atoms with Crippen molar-refractivity contribution in [2.45, 2.75) is 11.8 Å². The van der Waals surface area contributed by atoms with Crippen molar-refractivity contribution >= 4 is 38.9 Å². The van der Waals surface area contributed by atoms with Crippen molar-refractivity contribution in [3.8, 4) is 5.88 Å². The Morgan fingerprint density at radius 2 is 2.00 bits per heavy atom. The summed E-state index contributed by atoms with van der Waals surface area (Å²) in [7, 11) is -3.81. The standard InChI is InChI=1S/C12H11Cl2N3O3S/c1-2-20-11-4-3-8(6-15-11)17-21(18,19)9-5-10(13)12(14)16-7-9/h3-7,17H,2H2,1H3. The first kappa shape index (κ1) is 15.8. The zero-order valence-corrected chi connectivity index (χ0v) is 13.2. The van der Waals surface area contributed by atoms with Gasteiger partial charge in [-0.3, -0.25) is 4.72 Å². The normalized spacial score (nSPS) is 11.2. The molecule has 0 atom stereocenters. The molecule has 0 spiro atoms. The minimum absolute atomic E-state index is 0.0401. The quantitative estimate of drug-likeness (QED) is 0.840. The molecule has 0 aliphatic rings. The molecule has 2 heterocycles. The fraction of sp³-hybridized carbons (Fsp3) is 0.167. The average Bonchev–Trinajstić information content (AvgIpc) is 2.44. The second kappa shape index (κ2) is 6.46. The summed E-state index contributed by atoms with van der Waals surface area (Å²) in [6.07, 6.45) is 2.48. The molecule has 0 amide bonds. The maximum atomic E-state index is 12.2. The van der Waals surface area contributed by atoms with Gasteiger partial charge in [-0.1, -0.05) is 23.2 Å². The Morgan fingerprint density at radius 3 is 2.57 bits per heavy atom. The average molecular weight is 348 g/mol. The van der Waals surface area contributed by atoms with Gasteiger partial charge in [0.1, 0.15) is 10.0 Å². The van der Waals surface area contributed by atoms with Crippen molar-refractivity contribution in [3.63, 3.8) is 0 Å². The third kappa shape index (κ3) is 3.96. The lowest BCUT2D eigenvalue weighted by molar-refractivity contribution is 0.327. The van der Waals surface area contributed by atoms with Crippen molar-refractivity contribution in [2.75, 3.05) is 11.3 Å². The molecule has 6 nitrogen and oxygen atoms in total. The van der Waals surface area contributed by atoms with Gasteiger partial charge in [0, 0.05) is 12.3 Å². The van der Waals surface area contributed by atoms with Crippen LogP contribution in [-0.2, 0) is 10.0 Å². The van der Waals surface area contributed by atoms with Gasteiger partial charge in [-0.15, -0.1) is 0 Å². The number of pyridine rings is 2. The maximum absolute atomic E-state index is 12.2. The van der Waals surface area contributed by atoms with Crippen molar-refractivity contribution in [2.24, 2.45) is 0 Å². The van der Waals surface area contributed by atoms with Crippen LogP contribution in [0.2, 0.25) is 10.2 Å². The number of hydrogen-bond acceptors (Lipinski definition) is 5. The van der Waals surface area contributed by atoms with Crippen molar-refractivity contribution in [1.29, 1.82) is 0 Å². The first-order valence-electron chi connectivity index (χ1n) is 5.85. The van der Waals surface area contributed by atoms with Gasteiger partial charge in [-0.2, -0.15) is 0 Å². The number of anilines is 1. The number of halogens is 2. The summed E-state index contributed by atoms with van der Waals surface area (Å²) in [5.41, 5.74) is 0.296. The minimum atomic E-state index is -3.81. The smallest absolute Gasteiger partial charge is 0.263 e.